The fourth-order valence-electron chi connectivity index (χ4n) is 2.68. The fourth-order valence-corrected chi connectivity index (χ4v) is 2.68. The van der Waals surface area contributed by atoms with Crippen LogP contribution < -0.4 is 5.73 Å². The fraction of sp³-hybridized carbons (Fsp3) is 0.571. The van der Waals surface area contributed by atoms with E-state index in [9.17, 15) is 4.79 Å². The molecule has 4 nitrogen and oxygen atoms in total. The van der Waals surface area contributed by atoms with Gasteiger partial charge in [-0.3, -0.25) is 4.79 Å². The normalized spacial score (nSPS) is 19.2. The number of aromatic nitrogens is 1. The first-order valence-corrected chi connectivity index (χ1v) is 6.50. The second kappa shape index (κ2) is 5.48. The van der Waals surface area contributed by atoms with Crippen molar-refractivity contribution in [3.8, 4) is 0 Å². The molecule has 4 heteroatoms. The Morgan fingerprint density at radius 1 is 1.33 bits per heavy atom. The minimum Gasteiger partial charge on any atom is -0.383 e. The molecule has 98 valence electrons. The van der Waals surface area contributed by atoms with Crippen molar-refractivity contribution in [3.63, 3.8) is 0 Å². The number of hydrogen-bond acceptors (Lipinski definition) is 4. The zero-order valence-electron chi connectivity index (χ0n) is 10.8. The van der Waals surface area contributed by atoms with Crippen molar-refractivity contribution in [2.45, 2.75) is 44.1 Å². The molecule has 1 aliphatic rings. The van der Waals surface area contributed by atoms with Crippen LogP contribution in [-0.2, 0) is 4.74 Å². The van der Waals surface area contributed by atoms with Gasteiger partial charge in [-0.25, -0.2) is 4.98 Å². The largest absolute Gasteiger partial charge is 0.383 e. The summed E-state index contributed by atoms with van der Waals surface area (Å²) in [5.41, 5.74) is 5.58. The standard InChI is InChI=1S/C14H20N2O2/c1-18-14(8-4-2-3-5-9-14)12(17)11-7-6-10-16-13(11)15/h6-7,10H,2-5,8-9H2,1H3,(H2,15,16). The summed E-state index contributed by atoms with van der Waals surface area (Å²) < 4.78 is 5.60. The maximum atomic E-state index is 12.7. The van der Waals surface area contributed by atoms with Gasteiger partial charge in [-0.1, -0.05) is 25.7 Å². The molecule has 0 atom stereocenters. The van der Waals surface area contributed by atoms with Crippen LogP contribution in [0.3, 0.4) is 0 Å². The molecule has 0 saturated heterocycles. The third kappa shape index (κ3) is 2.38. The molecule has 1 aliphatic carbocycles. The Morgan fingerprint density at radius 3 is 2.56 bits per heavy atom. The Hall–Kier alpha value is -1.42. The van der Waals surface area contributed by atoms with E-state index in [2.05, 4.69) is 4.98 Å². The van der Waals surface area contributed by atoms with Crippen LogP contribution in [0.5, 0.6) is 0 Å². The summed E-state index contributed by atoms with van der Waals surface area (Å²) in [5, 5.41) is 0. The highest BCUT2D eigenvalue weighted by atomic mass is 16.5. The van der Waals surface area contributed by atoms with Crippen molar-refractivity contribution in [2.75, 3.05) is 12.8 Å². The van der Waals surface area contributed by atoms with Crippen LogP contribution in [0.15, 0.2) is 18.3 Å². The molecule has 1 saturated carbocycles. The number of nitrogens with two attached hydrogens (primary N) is 1. The molecule has 1 fully saturated rings. The minimum atomic E-state index is -0.701. The van der Waals surface area contributed by atoms with Crippen molar-refractivity contribution in [2.24, 2.45) is 0 Å². The maximum Gasteiger partial charge on any atom is 0.198 e. The molecule has 2 rings (SSSR count). The quantitative estimate of drug-likeness (QED) is 0.659. The average molecular weight is 248 g/mol. The van der Waals surface area contributed by atoms with Gasteiger partial charge in [0.05, 0.1) is 5.56 Å². The van der Waals surface area contributed by atoms with E-state index < -0.39 is 5.60 Å². The molecular weight excluding hydrogens is 228 g/mol. The Labute approximate surface area is 108 Å². The van der Waals surface area contributed by atoms with Crippen LogP contribution in [-0.4, -0.2) is 23.5 Å². The predicted octanol–water partition coefficient (Wildman–Crippen LogP) is 2.59. The predicted molar refractivity (Wildman–Crippen MR) is 70.4 cm³/mol. The van der Waals surface area contributed by atoms with E-state index in [0.29, 0.717) is 11.4 Å². The van der Waals surface area contributed by atoms with E-state index >= 15 is 0 Å². The number of pyridine rings is 1. The van der Waals surface area contributed by atoms with Crippen LogP contribution in [0, 0.1) is 0 Å². The SMILES string of the molecule is COC1(C(=O)c2cccnc2N)CCCCCC1. The Bertz CT molecular complexity index is 424. The third-order valence-corrected chi connectivity index (χ3v) is 3.80. The zero-order valence-corrected chi connectivity index (χ0v) is 10.8. The van der Waals surface area contributed by atoms with E-state index in [4.69, 9.17) is 10.5 Å². The molecule has 1 heterocycles. The van der Waals surface area contributed by atoms with Gasteiger partial charge in [0.1, 0.15) is 11.4 Å². The summed E-state index contributed by atoms with van der Waals surface area (Å²) in [6.07, 6.45) is 7.54. The van der Waals surface area contributed by atoms with E-state index in [1.807, 2.05) is 0 Å². The van der Waals surface area contributed by atoms with Crippen LogP contribution in [0.2, 0.25) is 0 Å². The smallest absolute Gasteiger partial charge is 0.198 e. The van der Waals surface area contributed by atoms with Gasteiger partial charge < -0.3 is 10.5 Å². The highest BCUT2D eigenvalue weighted by molar-refractivity contribution is 6.05. The number of ether oxygens (including phenoxy) is 1. The summed E-state index contributed by atoms with van der Waals surface area (Å²) in [7, 11) is 1.62. The number of nitrogens with zero attached hydrogens (tertiary/aromatic N) is 1. The zero-order chi connectivity index (χ0) is 13.0. The van der Waals surface area contributed by atoms with E-state index in [-0.39, 0.29) is 5.78 Å². The highest BCUT2D eigenvalue weighted by Crippen LogP contribution is 2.33. The number of nitrogen functional groups attached to an aromatic ring is 1. The van der Waals surface area contributed by atoms with Crippen LogP contribution in [0.4, 0.5) is 5.82 Å². The molecule has 0 unspecified atom stereocenters. The summed E-state index contributed by atoms with van der Waals surface area (Å²) in [6, 6.07) is 3.47. The van der Waals surface area contributed by atoms with Crippen molar-refractivity contribution in [1.29, 1.82) is 0 Å². The molecule has 0 radical (unpaired) electrons. The van der Waals surface area contributed by atoms with Crippen molar-refractivity contribution >= 4 is 11.6 Å². The first-order valence-electron chi connectivity index (χ1n) is 6.50. The van der Waals surface area contributed by atoms with Crippen molar-refractivity contribution in [1.82, 2.24) is 4.98 Å². The Kier molecular flexibility index (Phi) is 3.97. The lowest BCUT2D eigenvalue weighted by molar-refractivity contribution is -0.00687. The van der Waals surface area contributed by atoms with Gasteiger partial charge in [-0.05, 0) is 25.0 Å². The molecule has 0 spiro atoms. The summed E-state index contributed by atoms with van der Waals surface area (Å²) >= 11 is 0. The second-order valence-electron chi connectivity index (χ2n) is 4.88. The number of ketones is 1. The van der Waals surface area contributed by atoms with E-state index in [1.54, 1.807) is 25.4 Å². The lowest BCUT2D eigenvalue weighted by Crippen LogP contribution is -2.40. The molecular formula is C14H20N2O2. The number of methoxy groups -OCH3 is 1. The van der Waals surface area contributed by atoms with Crippen molar-refractivity contribution in [3.05, 3.63) is 23.9 Å². The molecule has 2 N–H and O–H groups in total. The first kappa shape index (κ1) is 13.0. The number of hydrogen-bond donors (Lipinski definition) is 1. The summed E-state index contributed by atoms with van der Waals surface area (Å²) in [6.45, 7) is 0. The average Bonchev–Trinajstić information content (AvgIpc) is 2.65. The monoisotopic (exact) mass is 248 g/mol. The molecule has 0 aromatic carbocycles. The lowest BCUT2D eigenvalue weighted by Gasteiger charge is -2.30. The van der Waals surface area contributed by atoms with Gasteiger partial charge in [0.15, 0.2) is 5.78 Å². The summed E-state index contributed by atoms with van der Waals surface area (Å²) in [4.78, 5) is 16.7. The van der Waals surface area contributed by atoms with Gasteiger partial charge in [0, 0.05) is 13.3 Å². The van der Waals surface area contributed by atoms with Gasteiger partial charge in [0.2, 0.25) is 0 Å². The topological polar surface area (TPSA) is 65.2 Å². The highest BCUT2D eigenvalue weighted by Gasteiger charge is 2.39. The molecule has 18 heavy (non-hydrogen) atoms. The van der Waals surface area contributed by atoms with Crippen LogP contribution >= 0.6 is 0 Å². The number of anilines is 1. The maximum absolute atomic E-state index is 12.7. The van der Waals surface area contributed by atoms with Gasteiger partial charge in [-0.15, -0.1) is 0 Å². The van der Waals surface area contributed by atoms with Gasteiger partial charge >= 0.3 is 0 Å². The number of rotatable bonds is 3. The van der Waals surface area contributed by atoms with E-state index in [0.717, 1.165) is 25.7 Å². The molecule has 1 aromatic rings. The minimum absolute atomic E-state index is 0.0162. The third-order valence-electron chi connectivity index (χ3n) is 3.80. The number of carbonyl (C=O) groups is 1. The van der Waals surface area contributed by atoms with Gasteiger partial charge in [-0.2, -0.15) is 0 Å². The number of carbonyl (C=O) groups excluding carboxylic acids is 1. The molecule has 0 bridgehead atoms. The van der Waals surface area contributed by atoms with Crippen LogP contribution in [0.1, 0.15) is 48.9 Å². The number of Topliss-reactive ketones (excluding diaryl/α,β-unsaturated/α-hetero) is 1. The first-order chi connectivity index (χ1) is 8.69. The Morgan fingerprint density at radius 2 is 2.00 bits per heavy atom. The lowest BCUT2D eigenvalue weighted by atomic mass is 9.86. The second-order valence-corrected chi connectivity index (χ2v) is 4.88. The summed E-state index contributed by atoms with van der Waals surface area (Å²) in [5.74, 6) is 0.278. The Balaban J connectivity index is 2.32. The van der Waals surface area contributed by atoms with Crippen molar-refractivity contribution < 1.29 is 9.53 Å². The molecule has 0 aliphatic heterocycles. The molecule has 1 aromatic heterocycles. The van der Waals surface area contributed by atoms with Gasteiger partial charge in [0.25, 0.3) is 0 Å². The van der Waals surface area contributed by atoms with E-state index in [1.165, 1.54) is 12.8 Å². The van der Waals surface area contributed by atoms with Crippen LogP contribution in [0.25, 0.3) is 0 Å². The molecule has 0 amide bonds.